The molecule has 1 aromatic carbocycles. The van der Waals surface area contributed by atoms with Crippen molar-refractivity contribution < 1.29 is 19.4 Å². The summed E-state index contributed by atoms with van der Waals surface area (Å²) in [6.07, 6.45) is 1.19. The Morgan fingerprint density at radius 2 is 2.12 bits per heavy atom. The molecule has 88 valence electrons. The Balaban J connectivity index is 2.51. The van der Waals surface area contributed by atoms with E-state index in [1.165, 1.54) is 13.2 Å². The standard InChI is InChI=1S/C12H11NO4/c1-17-10(14)7-12(11(15)16)6-8-4-2-3-5-9(8)13-12/h2-6H,7H2,1H3,(H,15,16). The molecule has 0 aromatic heterocycles. The van der Waals surface area contributed by atoms with Crippen LogP contribution in [0.25, 0.3) is 6.08 Å². The number of hydrogen-bond donors (Lipinski definition) is 1. The summed E-state index contributed by atoms with van der Waals surface area (Å²) in [5.41, 5.74) is -1.53. The number of carbonyl (C=O) groups is 2. The molecule has 2 rings (SSSR count). The molecule has 1 aromatic rings. The second kappa shape index (κ2) is 4.01. The molecule has 5 nitrogen and oxygen atoms in total. The highest BCUT2D eigenvalue weighted by molar-refractivity contribution is 5.93. The molecule has 0 saturated carbocycles. The number of fused-ring (bicyclic) bond motifs is 1. The molecule has 0 aliphatic carbocycles. The Morgan fingerprint density at radius 1 is 1.41 bits per heavy atom. The molecule has 1 atom stereocenters. The molecule has 5 heteroatoms. The lowest BCUT2D eigenvalue weighted by atomic mass is 9.96. The van der Waals surface area contributed by atoms with Crippen LogP contribution < -0.4 is 10.6 Å². The van der Waals surface area contributed by atoms with Gasteiger partial charge in [0.05, 0.1) is 18.9 Å². The summed E-state index contributed by atoms with van der Waals surface area (Å²) in [5.74, 6) is -1.75. The van der Waals surface area contributed by atoms with E-state index in [-0.39, 0.29) is 6.42 Å². The first-order valence-electron chi connectivity index (χ1n) is 5.05. The van der Waals surface area contributed by atoms with Gasteiger partial charge in [0, 0.05) is 0 Å². The SMILES string of the molecule is COC(=O)CC1(C(=O)O)C=c2ccccc2=N1. The number of para-hydroxylation sites is 1. The molecule has 0 radical (unpaired) electrons. The summed E-state index contributed by atoms with van der Waals surface area (Å²) in [4.78, 5) is 26.7. The molecule has 1 aliphatic heterocycles. The fourth-order valence-electron chi connectivity index (χ4n) is 1.78. The molecule has 1 aliphatic rings. The van der Waals surface area contributed by atoms with E-state index in [0.29, 0.717) is 5.36 Å². The van der Waals surface area contributed by atoms with Crippen LogP contribution in [0.5, 0.6) is 0 Å². The summed E-state index contributed by atoms with van der Waals surface area (Å²) >= 11 is 0. The van der Waals surface area contributed by atoms with Gasteiger partial charge in [-0.05, 0) is 17.4 Å². The van der Waals surface area contributed by atoms with Crippen LogP contribution in [-0.2, 0) is 14.3 Å². The van der Waals surface area contributed by atoms with Crippen molar-refractivity contribution in [2.75, 3.05) is 7.11 Å². The number of carboxylic acids is 1. The largest absolute Gasteiger partial charge is 0.479 e. The van der Waals surface area contributed by atoms with Crippen LogP contribution in [-0.4, -0.2) is 29.7 Å². The minimum atomic E-state index is -1.53. The van der Waals surface area contributed by atoms with Gasteiger partial charge in [-0.15, -0.1) is 0 Å². The van der Waals surface area contributed by atoms with Crippen LogP contribution in [0.15, 0.2) is 29.3 Å². The highest BCUT2D eigenvalue weighted by Crippen LogP contribution is 2.20. The molecule has 1 heterocycles. The van der Waals surface area contributed by atoms with Crippen molar-refractivity contribution >= 4 is 18.0 Å². The average Bonchev–Trinajstić information content (AvgIpc) is 2.68. The van der Waals surface area contributed by atoms with Gasteiger partial charge in [-0.25, -0.2) is 4.79 Å². The van der Waals surface area contributed by atoms with E-state index in [4.69, 9.17) is 0 Å². The number of benzene rings is 1. The van der Waals surface area contributed by atoms with Gasteiger partial charge in [-0.1, -0.05) is 18.2 Å². The zero-order chi connectivity index (χ0) is 12.5. The van der Waals surface area contributed by atoms with E-state index in [2.05, 4.69) is 9.73 Å². The summed E-state index contributed by atoms with van der Waals surface area (Å²) in [6, 6.07) is 7.04. The van der Waals surface area contributed by atoms with Crippen molar-refractivity contribution in [3.63, 3.8) is 0 Å². The number of hydrogen-bond acceptors (Lipinski definition) is 4. The van der Waals surface area contributed by atoms with Crippen LogP contribution in [0.4, 0.5) is 0 Å². The highest BCUT2D eigenvalue weighted by atomic mass is 16.5. The zero-order valence-electron chi connectivity index (χ0n) is 9.21. The lowest BCUT2D eigenvalue weighted by molar-refractivity contribution is -0.148. The fraction of sp³-hybridized carbons (Fsp3) is 0.250. The minimum absolute atomic E-state index is 0.298. The first-order chi connectivity index (χ1) is 8.07. The van der Waals surface area contributed by atoms with Crippen LogP contribution in [0, 0.1) is 0 Å². The Labute approximate surface area is 97.1 Å². The lowest BCUT2D eigenvalue weighted by Gasteiger charge is -2.16. The molecular weight excluding hydrogens is 222 g/mol. The van der Waals surface area contributed by atoms with Crippen LogP contribution in [0.3, 0.4) is 0 Å². The van der Waals surface area contributed by atoms with Gasteiger partial charge < -0.3 is 9.84 Å². The predicted octanol–water partition coefficient (Wildman–Crippen LogP) is -0.513. The topological polar surface area (TPSA) is 76.0 Å². The van der Waals surface area contributed by atoms with Crippen LogP contribution >= 0.6 is 0 Å². The highest BCUT2D eigenvalue weighted by Gasteiger charge is 2.40. The van der Waals surface area contributed by atoms with Gasteiger partial charge in [0.25, 0.3) is 0 Å². The third-order valence-corrected chi connectivity index (χ3v) is 2.66. The monoisotopic (exact) mass is 233 g/mol. The van der Waals surface area contributed by atoms with E-state index < -0.39 is 17.5 Å². The van der Waals surface area contributed by atoms with Gasteiger partial charge in [0.2, 0.25) is 0 Å². The van der Waals surface area contributed by atoms with Crippen LogP contribution in [0.2, 0.25) is 0 Å². The number of aliphatic carboxylic acids is 1. The third-order valence-electron chi connectivity index (χ3n) is 2.66. The summed E-state index contributed by atoms with van der Waals surface area (Å²) in [5, 5.41) is 10.6. The first-order valence-corrected chi connectivity index (χ1v) is 5.05. The quantitative estimate of drug-likeness (QED) is 0.713. The Morgan fingerprint density at radius 3 is 2.71 bits per heavy atom. The molecule has 17 heavy (non-hydrogen) atoms. The van der Waals surface area contributed by atoms with Gasteiger partial charge in [0.1, 0.15) is 0 Å². The molecule has 0 fully saturated rings. The van der Waals surface area contributed by atoms with Crippen molar-refractivity contribution in [3.05, 3.63) is 34.8 Å². The first kappa shape index (κ1) is 11.3. The third kappa shape index (κ3) is 1.91. The Hall–Kier alpha value is -2.17. The molecule has 0 spiro atoms. The second-order valence-electron chi connectivity index (χ2n) is 3.80. The van der Waals surface area contributed by atoms with E-state index in [1.54, 1.807) is 24.3 Å². The maximum Gasteiger partial charge on any atom is 0.336 e. The zero-order valence-corrected chi connectivity index (χ0v) is 9.21. The predicted molar refractivity (Wildman–Crippen MR) is 58.7 cm³/mol. The number of esters is 1. The number of nitrogens with zero attached hydrogens (tertiary/aromatic N) is 1. The smallest absolute Gasteiger partial charge is 0.336 e. The Bertz CT molecular complexity index is 556. The summed E-state index contributed by atoms with van der Waals surface area (Å²) in [7, 11) is 1.22. The van der Waals surface area contributed by atoms with Crippen molar-refractivity contribution in [1.82, 2.24) is 0 Å². The van der Waals surface area contributed by atoms with E-state index in [9.17, 15) is 14.7 Å². The normalized spacial score (nSPS) is 21.0. The average molecular weight is 233 g/mol. The van der Waals surface area contributed by atoms with Crippen molar-refractivity contribution in [2.24, 2.45) is 4.99 Å². The lowest BCUT2D eigenvalue weighted by Crippen LogP contribution is -2.36. The summed E-state index contributed by atoms with van der Waals surface area (Å²) < 4.78 is 4.50. The molecule has 0 bridgehead atoms. The number of methoxy groups -OCH3 is 1. The van der Waals surface area contributed by atoms with Crippen molar-refractivity contribution in [2.45, 2.75) is 12.0 Å². The second-order valence-corrected chi connectivity index (χ2v) is 3.80. The van der Waals surface area contributed by atoms with E-state index in [0.717, 1.165) is 5.22 Å². The van der Waals surface area contributed by atoms with Gasteiger partial charge in [-0.2, -0.15) is 0 Å². The molecule has 0 amide bonds. The van der Waals surface area contributed by atoms with Crippen molar-refractivity contribution in [1.29, 1.82) is 0 Å². The molecular formula is C12H11NO4. The fourth-order valence-corrected chi connectivity index (χ4v) is 1.78. The minimum Gasteiger partial charge on any atom is -0.479 e. The number of rotatable bonds is 3. The van der Waals surface area contributed by atoms with Crippen molar-refractivity contribution in [3.8, 4) is 0 Å². The van der Waals surface area contributed by atoms with Crippen LogP contribution in [0.1, 0.15) is 6.42 Å². The Kier molecular flexibility index (Phi) is 2.67. The van der Waals surface area contributed by atoms with Gasteiger partial charge in [0.15, 0.2) is 5.54 Å². The van der Waals surface area contributed by atoms with E-state index in [1.807, 2.05) is 0 Å². The number of carbonyl (C=O) groups excluding carboxylic acids is 1. The number of carboxylic acid groups (broad SMARTS) is 1. The maximum atomic E-state index is 11.3. The van der Waals surface area contributed by atoms with Gasteiger partial charge in [-0.3, -0.25) is 9.79 Å². The maximum absolute atomic E-state index is 11.3. The molecule has 1 unspecified atom stereocenters. The molecule has 1 N–H and O–H groups in total. The molecule has 0 saturated heterocycles. The van der Waals surface area contributed by atoms with Gasteiger partial charge >= 0.3 is 11.9 Å². The summed E-state index contributed by atoms with van der Waals surface area (Å²) in [6.45, 7) is 0. The number of ether oxygens (including phenoxy) is 1. The van der Waals surface area contributed by atoms with E-state index >= 15 is 0 Å².